The number of hydrogen-bond acceptors (Lipinski definition) is 2. The van der Waals surface area contributed by atoms with E-state index in [1.165, 1.54) is 0 Å². The first-order valence-corrected chi connectivity index (χ1v) is 3.90. The average molecular weight is 200 g/mol. The van der Waals surface area contributed by atoms with Crippen molar-refractivity contribution in [3.8, 4) is 0 Å². The number of carbonyl (C=O) groups is 1. The summed E-state index contributed by atoms with van der Waals surface area (Å²) in [5.41, 5.74) is 4.33. The molecule has 4 heteroatoms. The van der Waals surface area contributed by atoms with Gasteiger partial charge >= 0.3 is 0 Å². The standard InChI is InChI=1S/C7H14ClNO.ClH/c1-5(2)3-4-6(10)7(8)9;/h5,7H,3-4,9H2,1-2H3;1H. The van der Waals surface area contributed by atoms with Gasteiger partial charge in [-0.15, -0.1) is 12.4 Å². The molecular weight excluding hydrogens is 185 g/mol. The fourth-order valence-electron chi connectivity index (χ4n) is 0.569. The maximum Gasteiger partial charge on any atom is 0.164 e. The van der Waals surface area contributed by atoms with Crippen LogP contribution in [0.5, 0.6) is 0 Å². The molecule has 0 aliphatic rings. The highest BCUT2D eigenvalue weighted by Crippen LogP contribution is 2.05. The van der Waals surface area contributed by atoms with E-state index in [4.69, 9.17) is 17.3 Å². The quantitative estimate of drug-likeness (QED) is 0.556. The van der Waals surface area contributed by atoms with E-state index < -0.39 is 5.50 Å². The lowest BCUT2D eigenvalue weighted by Crippen LogP contribution is -2.23. The molecule has 0 amide bonds. The van der Waals surface area contributed by atoms with Gasteiger partial charge in [0.15, 0.2) is 5.78 Å². The summed E-state index contributed by atoms with van der Waals surface area (Å²) in [4.78, 5) is 10.8. The van der Waals surface area contributed by atoms with Crippen molar-refractivity contribution in [3.63, 3.8) is 0 Å². The van der Waals surface area contributed by atoms with Crippen LogP contribution in [0.1, 0.15) is 26.7 Å². The molecule has 0 aliphatic heterocycles. The molecule has 2 N–H and O–H groups in total. The molecule has 0 saturated heterocycles. The van der Waals surface area contributed by atoms with Gasteiger partial charge in [0, 0.05) is 6.42 Å². The van der Waals surface area contributed by atoms with Crippen molar-refractivity contribution in [3.05, 3.63) is 0 Å². The summed E-state index contributed by atoms with van der Waals surface area (Å²) in [7, 11) is 0. The molecule has 0 aromatic heterocycles. The highest BCUT2D eigenvalue weighted by atomic mass is 35.5. The van der Waals surface area contributed by atoms with E-state index in [-0.39, 0.29) is 18.2 Å². The summed E-state index contributed by atoms with van der Waals surface area (Å²) in [6, 6.07) is 0. The van der Waals surface area contributed by atoms with E-state index in [0.29, 0.717) is 12.3 Å². The molecule has 0 heterocycles. The number of Topliss-reactive ketones (excluding diaryl/α,β-unsaturated/α-hetero) is 1. The van der Waals surface area contributed by atoms with Crippen LogP contribution in [0.3, 0.4) is 0 Å². The Morgan fingerprint density at radius 1 is 1.55 bits per heavy atom. The van der Waals surface area contributed by atoms with Crippen LogP contribution in [0.2, 0.25) is 0 Å². The van der Waals surface area contributed by atoms with Crippen molar-refractivity contribution in [2.75, 3.05) is 0 Å². The molecule has 11 heavy (non-hydrogen) atoms. The zero-order valence-electron chi connectivity index (χ0n) is 6.84. The Morgan fingerprint density at radius 2 is 2.00 bits per heavy atom. The van der Waals surface area contributed by atoms with Gasteiger partial charge in [-0.3, -0.25) is 4.79 Å². The van der Waals surface area contributed by atoms with Crippen molar-refractivity contribution >= 4 is 29.8 Å². The Hall–Kier alpha value is 0.210. The van der Waals surface area contributed by atoms with Crippen LogP contribution in [-0.2, 0) is 4.79 Å². The highest BCUT2D eigenvalue weighted by molar-refractivity contribution is 6.30. The predicted molar refractivity (Wildman–Crippen MR) is 50.2 cm³/mol. The van der Waals surface area contributed by atoms with Gasteiger partial charge in [0.1, 0.15) is 5.50 Å². The van der Waals surface area contributed by atoms with Crippen molar-refractivity contribution in [2.24, 2.45) is 11.7 Å². The number of carbonyl (C=O) groups excluding carboxylic acids is 1. The Kier molecular flexibility index (Phi) is 8.63. The first-order valence-electron chi connectivity index (χ1n) is 3.46. The van der Waals surface area contributed by atoms with Gasteiger partial charge in [-0.1, -0.05) is 25.4 Å². The van der Waals surface area contributed by atoms with Gasteiger partial charge in [0.25, 0.3) is 0 Å². The Balaban J connectivity index is 0. The summed E-state index contributed by atoms with van der Waals surface area (Å²) >= 11 is 5.34. The Bertz CT molecular complexity index is 115. The predicted octanol–water partition coefficient (Wildman–Crippen LogP) is 1.94. The second-order valence-electron chi connectivity index (χ2n) is 2.80. The van der Waals surface area contributed by atoms with Gasteiger partial charge in [-0.2, -0.15) is 0 Å². The molecule has 2 nitrogen and oxygen atoms in total. The molecule has 0 spiro atoms. The minimum absolute atomic E-state index is 0. The van der Waals surface area contributed by atoms with E-state index in [1.54, 1.807) is 0 Å². The maximum absolute atomic E-state index is 10.8. The topological polar surface area (TPSA) is 43.1 Å². The molecule has 0 aliphatic carbocycles. The SMILES string of the molecule is CC(C)CCC(=O)C(N)Cl.Cl. The van der Waals surface area contributed by atoms with Crippen molar-refractivity contribution in [1.29, 1.82) is 0 Å². The second-order valence-corrected chi connectivity index (χ2v) is 3.27. The Morgan fingerprint density at radius 3 is 2.27 bits per heavy atom. The summed E-state index contributed by atoms with van der Waals surface area (Å²) in [6.45, 7) is 4.13. The van der Waals surface area contributed by atoms with E-state index in [9.17, 15) is 4.79 Å². The molecule has 1 atom stereocenters. The van der Waals surface area contributed by atoms with Crippen LogP contribution < -0.4 is 5.73 Å². The molecule has 0 aromatic carbocycles. The van der Waals surface area contributed by atoms with E-state index in [1.807, 2.05) is 0 Å². The van der Waals surface area contributed by atoms with Crippen molar-refractivity contribution in [2.45, 2.75) is 32.2 Å². The summed E-state index contributed by atoms with van der Waals surface area (Å²) in [6.07, 6.45) is 1.38. The third-order valence-corrected chi connectivity index (χ3v) is 1.52. The maximum atomic E-state index is 10.8. The van der Waals surface area contributed by atoms with Crippen molar-refractivity contribution < 1.29 is 4.79 Å². The third-order valence-electron chi connectivity index (χ3n) is 1.28. The number of alkyl halides is 1. The van der Waals surface area contributed by atoms with Crippen LogP contribution in [0, 0.1) is 5.92 Å². The van der Waals surface area contributed by atoms with Gasteiger partial charge in [-0.25, -0.2) is 0 Å². The summed E-state index contributed by atoms with van der Waals surface area (Å²) < 4.78 is 0. The fourth-order valence-corrected chi connectivity index (χ4v) is 0.678. The minimum Gasteiger partial charge on any atom is -0.309 e. The fraction of sp³-hybridized carbons (Fsp3) is 0.857. The van der Waals surface area contributed by atoms with Gasteiger partial charge in [0.2, 0.25) is 0 Å². The number of rotatable bonds is 4. The lowest BCUT2D eigenvalue weighted by molar-refractivity contribution is -0.118. The lowest BCUT2D eigenvalue weighted by Gasteiger charge is -2.04. The molecule has 0 bridgehead atoms. The first kappa shape index (κ1) is 13.8. The summed E-state index contributed by atoms with van der Waals surface area (Å²) in [5.74, 6) is 0.481. The number of ketones is 1. The van der Waals surface area contributed by atoms with Crippen LogP contribution in [0.25, 0.3) is 0 Å². The monoisotopic (exact) mass is 199 g/mol. The number of nitrogens with two attached hydrogens (primary N) is 1. The molecule has 1 unspecified atom stereocenters. The molecule has 0 fully saturated rings. The largest absolute Gasteiger partial charge is 0.309 e. The van der Waals surface area contributed by atoms with Crippen LogP contribution in [0.4, 0.5) is 0 Å². The van der Waals surface area contributed by atoms with Crippen LogP contribution in [0.15, 0.2) is 0 Å². The smallest absolute Gasteiger partial charge is 0.164 e. The lowest BCUT2D eigenvalue weighted by atomic mass is 10.1. The molecular formula is C7H15Cl2NO. The molecule has 0 aromatic rings. The van der Waals surface area contributed by atoms with E-state index >= 15 is 0 Å². The zero-order valence-corrected chi connectivity index (χ0v) is 8.41. The number of hydrogen-bond donors (Lipinski definition) is 1. The average Bonchev–Trinajstić information content (AvgIpc) is 1.82. The third kappa shape index (κ3) is 8.11. The molecule has 0 radical (unpaired) electrons. The van der Waals surface area contributed by atoms with Gasteiger partial charge in [-0.05, 0) is 12.3 Å². The first-order chi connectivity index (χ1) is 4.54. The Labute approximate surface area is 78.9 Å². The van der Waals surface area contributed by atoms with Gasteiger partial charge in [0.05, 0.1) is 0 Å². The highest BCUT2D eigenvalue weighted by Gasteiger charge is 2.09. The second kappa shape index (κ2) is 6.89. The summed E-state index contributed by atoms with van der Waals surface area (Å²) in [5, 5.41) is 0. The minimum atomic E-state index is -0.807. The number of halogens is 2. The van der Waals surface area contributed by atoms with E-state index in [0.717, 1.165) is 6.42 Å². The van der Waals surface area contributed by atoms with Crippen LogP contribution >= 0.6 is 24.0 Å². The van der Waals surface area contributed by atoms with Crippen LogP contribution in [-0.4, -0.2) is 11.3 Å². The molecule has 0 rings (SSSR count). The van der Waals surface area contributed by atoms with Gasteiger partial charge < -0.3 is 5.73 Å². The molecule has 68 valence electrons. The molecule has 0 saturated carbocycles. The van der Waals surface area contributed by atoms with E-state index in [2.05, 4.69) is 13.8 Å². The van der Waals surface area contributed by atoms with Crippen molar-refractivity contribution in [1.82, 2.24) is 0 Å². The zero-order chi connectivity index (χ0) is 8.15. The normalized spacial score (nSPS) is 12.5.